The monoisotopic (exact) mass is 265 g/mol. The maximum absolute atomic E-state index is 5.40. The smallest absolute Gasteiger partial charge is 0.123 e. The van der Waals surface area contributed by atoms with Crippen molar-refractivity contribution in [1.82, 2.24) is 5.32 Å². The third-order valence-electron chi connectivity index (χ3n) is 3.48. The van der Waals surface area contributed by atoms with Crippen LogP contribution >= 0.6 is 0 Å². The van der Waals surface area contributed by atoms with E-state index in [1.807, 2.05) is 18.2 Å². The van der Waals surface area contributed by atoms with E-state index >= 15 is 0 Å². The molecule has 0 aromatic heterocycles. The Morgan fingerprint density at radius 2 is 1.89 bits per heavy atom. The lowest BCUT2D eigenvalue weighted by Crippen LogP contribution is -2.32. The van der Waals surface area contributed by atoms with Gasteiger partial charge in [0.15, 0.2) is 0 Å². The van der Waals surface area contributed by atoms with Gasteiger partial charge in [-0.15, -0.1) is 0 Å². The van der Waals surface area contributed by atoms with Crippen LogP contribution in [0.15, 0.2) is 24.3 Å². The topological polar surface area (TPSA) is 30.5 Å². The van der Waals surface area contributed by atoms with Gasteiger partial charge in [0.2, 0.25) is 0 Å². The van der Waals surface area contributed by atoms with Crippen molar-refractivity contribution in [3.63, 3.8) is 0 Å². The van der Waals surface area contributed by atoms with E-state index in [9.17, 15) is 0 Å². The summed E-state index contributed by atoms with van der Waals surface area (Å²) in [5.74, 6) is 0.942. The molecule has 3 nitrogen and oxygen atoms in total. The van der Waals surface area contributed by atoms with Crippen molar-refractivity contribution in [2.75, 3.05) is 27.4 Å². The normalized spacial score (nSPS) is 13.3. The molecule has 0 aliphatic carbocycles. The minimum absolute atomic E-state index is 0.228. The summed E-state index contributed by atoms with van der Waals surface area (Å²) < 4.78 is 10.6. The van der Waals surface area contributed by atoms with Gasteiger partial charge in [-0.2, -0.15) is 0 Å². The fraction of sp³-hybridized carbons (Fsp3) is 0.625. The first-order valence-corrected chi connectivity index (χ1v) is 6.85. The highest BCUT2D eigenvalue weighted by Crippen LogP contribution is 2.26. The van der Waals surface area contributed by atoms with Crippen molar-refractivity contribution >= 4 is 0 Å². The second-order valence-corrected chi connectivity index (χ2v) is 5.75. The van der Waals surface area contributed by atoms with Crippen LogP contribution in [-0.2, 0) is 4.74 Å². The molecule has 3 heteroatoms. The molecule has 0 fully saturated rings. The van der Waals surface area contributed by atoms with Crippen molar-refractivity contribution in [3.8, 4) is 5.75 Å². The summed E-state index contributed by atoms with van der Waals surface area (Å²) in [5.41, 5.74) is 1.43. The molecule has 1 N–H and O–H groups in total. The van der Waals surface area contributed by atoms with E-state index in [0.29, 0.717) is 0 Å². The minimum Gasteiger partial charge on any atom is -0.496 e. The number of methoxy groups -OCH3 is 2. The minimum atomic E-state index is 0.228. The number of hydrogen-bond acceptors (Lipinski definition) is 3. The van der Waals surface area contributed by atoms with Gasteiger partial charge in [0.1, 0.15) is 5.75 Å². The van der Waals surface area contributed by atoms with Gasteiger partial charge in [0.25, 0.3) is 0 Å². The van der Waals surface area contributed by atoms with E-state index in [4.69, 9.17) is 9.47 Å². The summed E-state index contributed by atoms with van der Waals surface area (Å²) >= 11 is 0. The number of benzene rings is 1. The zero-order valence-electron chi connectivity index (χ0n) is 12.8. The van der Waals surface area contributed by atoms with Gasteiger partial charge in [-0.1, -0.05) is 32.0 Å². The van der Waals surface area contributed by atoms with Crippen molar-refractivity contribution in [2.24, 2.45) is 5.41 Å². The lowest BCUT2D eigenvalue weighted by Gasteiger charge is -2.27. The molecular weight excluding hydrogens is 238 g/mol. The zero-order valence-corrected chi connectivity index (χ0v) is 12.8. The van der Waals surface area contributed by atoms with E-state index in [-0.39, 0.29) is 11.5 Å². The Kier molecular flexibility index (Phi) is 6.32. The molecule has 0 aliphatic rings. The fourth-order valence-corrected chi connectivity index (χ4v) is 2.03. The highest BCUT2D eigenvalue weighted by atomic mass is 16.5. The molecule has 0 saturated heterocycles. The lowest BCUT2D eigenvalue weighted by molar-refractivity contribution is 0.149. The van der Waals surface area contributed by atoms with Gasteiger partial charge < -0.3 is 14.8 Å². The van der Waals surface area contributed by atoms with Gasteiger partial charge in [0, 0.05) is 31.9 Å². The van der Waals surface area contributed by atoms with E-state index < -0.39 is 0 Å². The predicted octanol–water partition coefficient (Wildman–Crippen LogP) is 3.41. The summed E-state index contributed by atoms with van der Waals surface area (Å²) in [6.07, 6.45) is 1.05. The molecule has 0 heterocycles. The molecule has 1 unspecified atom stereocenters. The Morgan fingerprint density at radius 1 is 1.21 bits per heavy atom. The third kappa shape index (κ3) is 5.21. The number of ether oxygens (including phenoxy) is 2. The van der Waals surface area contributed by atoms with E-state index in [0.717, 1.165) is 25.3 Å². The summed E-state index contributed by atoms with van der Waals surface area (Å²) in [4.78, 5) is 0. The Hall–Kier alpha value is -1.06. The first-order chi connectivity index (χ1) is 9.00. The summed E-state index contributed by atoms with van der Waals surface area (Å²) in [6, 6.07) is 8.43. The molecule has 0 amide bonds. The number of rotatable bonds is 8. The van der Waals surface area contributed by atoms with Crippen LogP contribution in [0.1, 0.15) is 38.8 Å². The fourth-order valence-electron chi connectivity index (χ4n) is 2.03. The number of para-hydroxylation sites is 1. The van der Waals surface area contributed by atoms with Gasteiger partial charge in [-0.05, 0) is 24.8 Å². The molecule has 0 aliphatic heterocycles. The number of hydrogen-bond donors (Lipinski definition) is 1. The Bertz CT molecular complexity index is 377. The average molecular weight is 265 g/mol. The largest absolute Gasteiger partial charge is 0.496 e. The Morgan fingerprint density at radius 3 is 2.53 bits per heavy atom. The van der Waals surface area contributed by atoms with Crippen molar-refractivity contribution in [1.29, 1.82) is 0 Å². The first-order valence-electron chi connectivity index (χ1n) is 6.85. The van der Waals surface area contributed by atoms with Crippen LogP contribution in [0.5, 0.6) is 5.75 Å². The SMILES string of the molecule is COCCC(C)(C)CNC(C)c1ccccc1OC. The lowest BCUT2D eigenvalue weighted by atomic mass is 9.89. The van der Waals surface area contributed by atoms with Crippen molar-refractivity contribution in [3.05, 3.63) is 29.8 Å². The van der Waals surface area contributed by atoms with Gasteiger partial charge in [-0.3, -0.25) is 0 Å². The van der Waals surface area contributed by atoms with Gasteiger partial charge in [0.05, 0.1) is 7.11 Å². The number of nitrogens with one attached hydrogen (secondary N) is 1. The Balaban J connectivity index is 2.57. The van der Waals surface area contributed by atoms with E-state index in [1.165, 1.54) is 5.56 Å². The van der Waals surface area contributed by atoms with Crippen LogP contribution in [0.3, 0.4) is 0 Å². The van der Waals surface area contributed by atoms with Gasteiger partial charge >= 0.3 is 0 Å². The van der Waals surface area contributed by atoms with Crippen LogP contribution < -0.4 is 10.1 Å². The molecule has 1 aromatic carbocycles. The second-order valence-electron chi connectivity index (χ2n) is 5.75. The molecular formula is C16H27NO2. The van der Waals surface area contributed by atoms with Gasteiger partial charge in [-0.25, -0.2) is 0 Å². The highest BCUT2D eigenvalue weighted by Gasteiger charge is 2.19. The van der Waals surface area contributed by atoms with Crippen LogP contribution in [-0.4, -0.2) is 27.4 Å². The molecule has 19 heavy (non-hydrogen) atoms. The standard InChI is InChI=1S/C16H27NO2/c1-13(14-8-6-7-9-15(14)19-5)17-12-16(2,3)10-11-18-4/h6-9,13,17H,10-12H2,1-5H3. The van der Waals surface area contributed by atoms with Crippen LogP contribution in [0.4, 0.5) is 0 Å². The maximum atomic E-state index is 5.40. The molecule has 0 saturated carbocycles. The highest BCUT2D eigenvalue weighted by molar-refractivity contribution is 5.35. The van der Waals surface area contributed by atoms with Crippen LogP contribution in [0.25, 0.3) is 0 Å². The predicted molar refractivity (Wildman–Crippen MR) is 79.7 cm³/mol. The third-order valence-corrected chi connectivity index (χ3v) is 3.48. The molecule has 0 spiro atoms. The van der Waals surface area contributed by atoms with E-state index in [1.54, 1.807) is 14.2 Å². The van der Waals surface area contributed by atoms with E-state index in [2.05, 4.69) is 32.2 Å². The summed E-state index contributed by atoms with van der Waals surface area (Å²) in [6.45, 7) is 8.44. The molecule has 1 rings (SSSR count). The van der Waals surface area contributed by atoms with Crippen LogP contribution in [0.2, 0.25) is 0 Å². The average Bonchev–Trinajstić information content (AvgIpc) is 2.42. The Labute approximate surface area is 117 Å². The summed E-state index contributed by atoms with van der Waals surface area (Å²) in [5, 5.41) is 3.59. The molecule has 0 bridgehead atoms. The zero-order chi connectivity index (χ0) is 14.3. The van der Waals surface area contributed by atoms with Crippen molar-refractivity contribution < 1.29 is 9.47 Å². The maximum Gasteiger partial charge on any atom is 0.123 e. The molecule has 1 aromatic rings. The molecule has 108 valence electrons. The van der Waals surface area contributed by atoms with Crippen molar-refractivity contribution in [2.45, 2.75) is 33.2 Å². The quantitative estimate of drug-likeness (QED) is 0.781. The molecule has 0 radical (unpaired) electrons. The van der Waals surface area contributed by atoms with Crippen LogP contribution in [0, 0.1) is 5.41 Å². The summed E-state index contributed by atoms with van der Waals surface area (Å²) in [7, 11) is 3.47. The second kappa shape index (κ2) is 7.51. The first kappa shape index (κ1) is 16.0. The molecule has 1 atom stereocenters.